The molecular formula is C20H19F3N6O2. The molecule has 3 heterocycles. The Bertz CT molecular complexity index is 1030. The predicted molar refractivity (Wildman–Crippen MR) is 105 cm³/mol. The Morgan fingerprint density at radius 1 is 1.10 bits per heavy atom. The molecule has 0 bridgehead atoms. The third kappa shape index (κ3) is 4.21. The van der Waals surface area contributed by atoms with E-state index in [9.17, 15) is 18.4 Å². The van der Waals surface area contributed by atoms with Crippen molar-refractivity contribution < 1.29 is 22.8 Å². The summed E-state index contributed by atoms with van der Waals surface area (Å²) in [6.07, 6.45) is 1.56. The van der Waals surface area contributed by atoms with E-state index in [4.69, 9.17) is 5.73 Å². The molecular weight excluding hydrogens is 413 g/mol. The Morgan fingerprint density at radius 3 is 2.52 bits per heavy atom. The van der Waals surface area contributed by atoms with Gasteiger partial charge in [0.15, 0.2) is 0 Å². The molecule has 0 radical (unpaired) electrons. The van der Waals surface area contributed by atoms with Gasteiger partial charge < -0.3 is 10.6 Å². The second-order valence-corrected chi connectivity index (χ2v) is 7.42. The number of hydrogen-bond acceptors (Lipinski definition) is 6. The van der Waals surface area contributed by atoms with Gasteiger partial charge in [-0.1, -0.05) is 0 Å². The number of anilines is 1. The number of hydrazone groups is 1. The first-order valence-corrected chi connectivity index (χ1v) is 9.66. The van der Waals surface area contributed by atoms with Gasteiger partial charge in [-0.25, -0.2) is 28.1 Å². The molecule has 2 N–H and O–H groups in total. The first-order valence-electron chi connectivity index (χ1n) is 9.66. The van der Waals surface area contributed by atoms with Crippen LogP contribution in [-0.2, 0) is 4.79 Å². The van der Waals surface area contributed by atoms with Crippen molar-refractivity contribution in [2.75, 3.05) is 18.0 Å². The average molecular weight is 432 g/mol. The van der Waals surface area contributed by atoms with Gasteiger partial charge >= 0.3 is 0 Å². The minimum Gasteiger partial charge on any atom is -0.364 e. The van der Waals surface area contributed by atoms with Crippen LogP contribution in [0.5, 0.6) is 0 Å². The highest BCUT2D eigenvalue weighted by atomic mass is 19.1. The molecule has 2 aliphatic heterocycles. The Kier molecular flexibility index (Phi) is 5.57. The van der Waals surface area contributed by atoms with Crippen LogP contribution in [-0.4, -0.2) is 52.3 Å². The maximum Gasteiger partial charge on any atom is 0.267 e. The van der Waals surface area contributed by atoms with Crippen molar-refractivity contribution in [2.45, 2.75) is 25.1 Å². The third-order valence-corrected chi connectivity index (χ3v) is 5.41. The average Bonchev–Trinajstić information content (AvgIpc) is 3.22. The molecule has 0 unspecified atom stereocenters. The summed E-state index contributed by atoms with van der Waals surface area (Å²) in [6, 6.07) is 3.71. The summed E-state index contributed by atoms with van der Waals surface area (Å²) >= 11 is 0. The van der Waals surface area contributed by atoms with E-state index in [1.807, 2.05) is 0 Å². The van der Waals surface area contributed by atoms with Crippen molar-refractivity contribution >= 4 is 23.8 Å². The second kappa shape index (κ2) is 8.32. The quantitative estimate of drug-likeness (QED) is 0.796. The van der Waals surface area contributed by atoms with E-state index < -0.39 is 41.6 Å². The molecule has 4 rings (SSSR count). The predicted octanol–water partition coefficient (Wildman–Crippen LogP) is 1.98. The van der Waals surface area contributed by atoms with Gasteiger partial charge in [-0.3, -0.25) is 9.59 Å². The van der Waals surface area contributed by atoms with Gasteiger partial charge in [0.1, 0.15) is 35.6 Å². The molecule has 1 saturated heterocycles. The second-order valence-electron chi connectivity index (χ2n) is 7.42. The van der Waals surface area contributed by atoms with Gasteiger partial charge in [0.25, 0.3) is 5.91 Å². The highest BCUT2D eigenvalue weighted by Gasteiger charge is 2.40. The summed E-state index contributed by atoms with van der Waals surface area (Å²) < 4.78 is 42.2. The maximum absolute atomic E-state index is 15.0. The van der Waals surface area contributed by atoms with Crippen LogP contribution < -0.4 is 10.6 Å². The number of hydrogen-bond donors (Lipinski definition) is 1. The van der Waals surface area contributed by atoms with E-state index >= 15 is 4.39 Å². The minimum absolute atomic E-state index is 0.00943. The zero-order chi connectivity index (χ0) is 22.1. The number of nitrogens with two attached hydrogens (primary N) is 1. The molecule has 2 aromatic rings. The molecule has 1 aromatic carbocycles. The third-order valence-electron chi connectivity index (χ3n) is 5.41. The zero-order valence-corrected chi connectivity index (χ0v) is 16.3. The smallest absolute Gasteiger partial charge is 0.267 e. The maximum atomic E-state index is 15.0. The summed E-state index contributed by atoms with van der Waals surface area (Å²) in [5.41, 5.74) is 5.49. The molecule has 162 valence electrons. The number of primary amides is 1. The molecule has 0 saturated carbocycles. The molecule has 11 heteroatoms. The van der Waals surface area contributed by atoms with E-state index in [2.05, 4.69) is 15.1 Å². The van der Waals surface area contributed by atoms with Crippen LogP contribution in [0.1, 0.15) is 34.9 Å². The highest BCUT2D eigenvalue weighted by Crippen LogP contribution is 2.34. The van der Waals surface area contributed by atoms with E-state index in [0.29, 0.717) is 12.4 Å². The summed E-state index contributed by atoms with van der Waals surface area (Å²) in [7, 11) is 0. The lowest BCUT2D eigenvalue weighted by Crippen LogP contribution is -2.48. The van der Waals surface area contributed by atoms with Crippen LogP contribution in [0.25, 0.3) is 0 Å². The lowest BCUT2D eigenvalue weighted by Gasteiger charge is -2.36. The number of piperidine rings is 1. The van der Waals surface area contributed by atoms with Crippen molar-refractivity contribution in [1.82, 2.24) is 15.0 Å². The number of carbonyl (C=O) groups excluding carboxylic acids is 2. The topological polar surface area (TPSA) is 105 Å². The van der Waals surface area contributed by atoms with Crippen molar-refractivity contribution in [3.8, 4) is 0 Å². The first-order chi connectivity index (χ1) is 14.8. The van der Waals surface area contributed by atoms with Crippen LogP contribution in [0.2, 0.25) is 0 Å². The van der Waals surface area contributed by atoms with Crippen LogP contribution in [0, 0.1) is 17.6 Å². The number of rotatable bonds is 4. The van der Waals surface area contributed by atoms with E-state index in [0.717, 1.165) is 23.2 Å². The van der Waals surface area contributed by atoms with Gasteiger partial charge in [-0.15, -0.1) is 0 Å². The largest absolute Gasteiger partial charge is 0.364 e. The fraction of sp³-hybridized carbons (Fsp3) is 0.350. The van der Waals surface area contributed by atoms with Crippen LogP contribution in [0.15, 0.2) is 35.7 Å². The Labute approximate surface area is 175 Å². The Balaban J connectivity index is 1.48. The molecule has 3 atom stereocenters. The number of amides is 2. The van der Waals surface area contributed by atoms with Crippen molar-refractivity contribution in [2.24, 2.45) is 16.8 Å². The molecule has 0 spiro atoms. The number of aromatic nitrogens is 2. The molecule has 1 aromatic heterocycles. The van der Waals surface area contributed by atoms with E-state index in [1.54, 1.807) is 4.90 Å². The fourth-order valence-corrected chi connectivity index (χ4v) is 3.89. The van der Waals surface area contributed by atoms with Crippen molar-refractivity contribution in [1.29, 1.82) is 0 Å². The summed E-state index contributed by atoms with van der Waals surface area (Å²) in [5.74, 6) is -3.42. The summed E-state index contributed by atoms with van der Waals surface area (Å²) in [5, 5.41) is 5.14. The highest BCUT2D eigenvalue weighted by molar-refractivity contribution is 5.91. The minimum atomic E-state index is -1.53. The van der Waals surface area contributed by atoms with Gasteiger partial charge in [0.2, 0.25) is 5.91 Å². The van der Waals surface area contributed by atoms with E-state index in [1.165, 1.54) is 18.6 Å². The van der Waals surface area contributed by atoms with Gasteiger partial charge in [-0.05, 0) is 24.1 Å². The molecule has 0 aliphatic carbocycles. The standard InChI is InChI=1S/C20H19F3N6O2/c21-12-5-11(6-13(22)7-12)17-1-3-27-29(17)20(31)14-2-4-28(9-15(14)23)18-8-16(19(24)30)25-10-26-18/h3,5-8,10,14-15,17H,1-2,4,9H2,(H2,24,30)/t14-,15+,17-/m1/s1. The molecule has 31 heavy (non-hydrogen) atoms. The first kappa shape index (κ1) is 20.8. The molecule has 2 amide bonds. The number of carbonyl (C=O) groups is 2. The van der Waals surface area contributed by atoms with E-state index in [-0.39, 0.29) is 30.6 Å². The van der Waals surface area contributed by atoms with Crippen LogP contribution in [0.3, 0.4) is 0 Å². The summed E-state index contributed by atoms with van der Waals surface area (Å²) in [6.45, 7) is 0.186. The monoisotopic (exact) mass is 432 g/mol. The number of benzene rings is 1. The van der Waals surface area contributed by atoms with Crippen molar-refractivity contribution in [3.05, 3.63) is 53.5 Å². The Hall–Kier alpha value is -3.50. The number of halogens is 3. The van der Waals surface area contributed by atoms with Gasteiger partial charge in [0.05, 0.1) is 18.5 Å². The van der Waals surface area contributed by atoms with Crippen molar-refractivity contribution in [3.63, 3.8) is 0 Å². The van der Waals surface area contributed by atoms with Gasteiger partial charge in [0, 0.05) is 31.3 Å². The van der Waals surface area contributed by atoms with Crippen LogP contribution >= 0.6 is 0 Å². The Morgan fingerprint density at radius 2 is 1.84 bits per heavy atom. The lowest BCUT2D eigenvalue weighted by atomic mass is 9.92. The number of alkyl halides is 1. The number of nitrogens with zero attached hydrogens (tertiary/aromatic N) is 5. The molecule has 1 fully saturated rings. The molecule has 8 nitrogen and oxygen atoms in total. The lowest BCUT2D eigenvalue weighted by molar-refractivity contribution is -0.140. The summed E-state index contributed by atoms with van der Waals surface area (Å²) in [4.78, 5) is 33.8. The van der Waals surface area contributed by atoms with Gasteiger partial charge in [-0.2, -0.15) is 5.10 Å². The zero-order valence-electron chi connectivity index (χ0n) is 16.3. The fourth-order valence-electron chi connectivity index (χ4n) is 3.89. The SMILES string of the molecule is NC(=O)c1cc(N2CC[C@@H](C(=O)N3N=CC[C@@H]3c3cc(F)cc(F)c3)[C@@H](F)C2)ncn1. The van der Waals surface area contributed by atoms with Crippen LogP contribution in [0.4, 0.5) is 19.0 Å². The normalized spacial score (nSPS) is 23.3. The molecule has 2 aliphatic rings.